The van der Waals surface area contributed by atoms with Crippen LogP contribution in [0.5, 0.6) is 0 Å². The third kappa shape index (κ3) is 2.75. The van der Waals surface area contributed by atoms with E-state index in [2.05, 4.69) is 42.2 Å². The smallest absolute Gasteiger partial charge is 0.149 e. The normalized spacial score (nSPS) is 10.4. The quantitative estimate of drug-likeness (QED) is 0.871. The molecule has 0 atom stereocenters. The standard InChI is InChI=1S/C10H9Br2N3S/c11-6-3-8(13)10(14-4-6)15-5-9-7(12)1-2-16-9/h1-4H,5,13H2,(H,14,15). The second-order valence-electron chi connectivity index (χ2n) is 3.14. The van der Waals surface area contributed by atoms with E-state index < -0.39 is 0 Å². The van der Waals surface area contributed by atoms with Crippen molar-refractivity contribution < 1.29 is 0 Å². The lowest BCUT2D eigenvalue weighted by molar-refractivity contribution is 1.13. The second-order valence-corrected chi connectivity index (χ2v) is 5.91. The molecule has 0 saturated heterocycles. The summed E-state index contributed by atoms with van der Waals surface area (Å²) in [5.41, 5.74) is 6.48. The molecule has 6 heteroatoms. The lowest BCUT2D eigenvalue weighted by atomic mass is 10.4. The van der Waals surface area contributed by atoms with Crippen molar-refractivity contribution in [2.75, 3.05) is 11.1 Å². The van der Waals surface area contributed by atoms with Crippen LogP contribution in [0.25, 0.3) is 0 Å². The summed E-state index contributed by atoms with van der Waals surface area (Å²) in [5, 5.41) is 5.25. The molecular weight excluding hydrogens is 354 g/mol. The number of rotatable bonds is 3. The minimum atomic E-state index is 0.641. The van der Waals surface area contributed by atoms with Gasteiger partial charge in [-0.05, 0) is 49.4 Å². The summed E-state index contributed by atoms with van der Waals surface area (Å²) < 4.78 is 1.99. The Morgan fingerprint density at radius 3 is 2.88 bits per heavy atom. The number of nitrogens with two attached hydrogens (primary N) is 1. The van der Waals surface area contributed by atoms with Crippen LogP contribution >= 0.6 is 43.2 Å². The van der Waals surface area contributed by atoms with Crippen LogP contribution in [-0.4, -0.2) is 4.98 Å². The van der Waals surface area contributed by atoms with Gasteiger partial charge in [0.25, 0.3) is 0 Å². The summed E-state index contributed by atoms with van der Waals surface area (Å²) in [6.45, 7) is 0.719. The van der Waals surface area contributed by atoms with Gasteiger partial charge >= 0.3 is 0 Å². The van der Waals surface area contributed by atoms with Crippen molar-refractivity contribution in [2.45, 2.75) is 6.54 Å². The van der Waals surface area contributed by atoms with Crippen LogP contribution in [0.1, 0.15) is 4.88 Å². The van der Waals surface area contributed by atoms with Crippen molar-refractivity contribution >= 4 is 54.7 Å². The SMILES string of the molecule is Nc1cc(Br)cnc1NCc1sccc1Br. The highest BCUT2D eigenvalue weighted by Crippen LogP contribution is 2.25. The first kappa shape index (κ1) is 11.9. The fourth-order valence-corrected chi connectivity index (χ4v) is 3.00. The highest BCUT2D eigenvalue weighted by atomic mass is 79.9. The molecule has 2 aromatic heterocycles. The second kappa shape index (κ2) is 5.16. The predicted octanol–water partition coefficient (Wildman–Crippen LogP) is 3.86. The van der Waals surface area contributed by atoms with Gasteiger partial charge in [-0.1, -0.05) is 0 Å². The number of thiophene rings is 1. The summed E-state index contributed by atoms with van der Waals surface area (Å²) in [5.74, 6) is 0.712. The fourth-order valence-electron chi connectivity index (χ4n) is 1.22. The molecule has 0 spiro atoms. The van der Waals surface area contributed by atoms with E-state index in [-0.39, 0.29) is 0 Å². The largest absolute Gasteiger partial charge is 0.396 e. The van der Waals surface area contributed by atoms with Crippen molar-refractivity contribution in [2.24, 2.45) is 0 Å². The zero-order chi connectivity index (χ0) is 11.5. The Hall–Kier alpha value is -0.590. The molecule has 0 radical (unpaired) electrons. The Morgan fingerprint density at radius 2 is 2.25 bits per heavy atom. The number of anilines is 2. The summed E-state index contributed by atoms with van der Waals surface area (Å²) in [6.07, 6.45) is 1.72. The van der Waals surface area contributed by atoms with Gasteiger partial charge < -0.3 is 11.1 Å². The minimum Gasteiger partial charge on any atom is -0.396 e. The lowest BCUT2D eigenvalue weighted by Crippen LogP contribution is -2.03. The summed E-state index contributed by atoms with van der Waals surface area (Å²) in [4.78, 5) is 5.44. The van der Waals surface area contributed by atoms with Crippen molar-refractivity contribution in [1.82, 2.24) is 4.98 Å². The van der Waals surface area contributed by atoms with Gasteiger partial charge in [0, 0.05) is 20.0 Å². The molecule has 0 fully saturated rings. The Kier molecular flexibility index (Phi) is 3.83. The van der Waals surface area contributed by atoms with E-state index in [1.54, 1.807) is 17.5 Å². The summed E-state index contributed by atoms with van der Waals surface area (Å²) in [7, 11) is 0. The number of nitrogen functional groups attached to an aromatic ring is 1. The van der Waals surface area contributed by atoms with E-state index in [1.165, 1.54) is 4.88 Å². The monoisotopic (exact) mass is 361 g/mol. The van der Waals surface area contributed by atoms with Crippen LogP contribution in [0.15, 0.2) is 32.7 Å². The Bertz CT molecular complexity index is 499. The zero-order valence-corrected chi connectivity index (χ0v) is 12.2. The number of aromatic nitrogens is 1. The zero-order valence-electron chi connectivity index (χ0n) is 8.21. The molecule has 2 heterocycles. The Balaban J connectivity index is 2.08. The highest BCUT2D eigenvalue weighted by molar-refractivity contribution is 9.10. The number of pyridine rings is 1. The molecule has 2 aromatic rings. The van der Waals surface area contributed by atoms with Gasteiger partial charge in [0.2, 0.25) is 0 Å². The highest BCUT2D eigenvalue weighted by Gasteiger charge is 2.04. The van der Waals surface area contributed by atoms with Crippen molar-refractivity contribution in [1.29, 1.82) is 0 Å². The molecule has 3 N–H and O–H groups in total. The van der Waals surface area contributed by atoms with E-state index in [4.69, 9.17) is 5.73 Å². The topological polar surface area (TPSA) is 50.9 Å². The molecule has 84 valence electrons. The van der Waals surface area contributed by atoms with Crippen LogP contribution in [0.2, 0.25) is 0 Å². The molecule has 0 saturated carbocycles. The number of nitrogens with one attached hydrogen (secondary N) is 1. The van der Waals surface area contributed by atoms with Crippen molar-refractivity contribution in [3.63, 3.8) is 0 Å². The average molecular weight is 363 g/mol. The average Bonchev–Trinajstić information content (AvgIpc) is 2.63. The van der Waals surface area contributed by atoms with Crippen LogP contribution in [0.3, 0.4) is 0 Å². The Labute approximate surface area is 114 Å². The molecule has 3 nitrogen and oxygen atoms in total. The fraction of sp³-hybridized carbons (Fsp3) is 0.100. The molecule has 16 heavy (non-hydrogen) atoms. The Morgan fingerprint density at radius 1 is 1.44 bits per heavy atom. The van der Waals surface area contributed by atoms with Gasteiger partial charge in [0.05, 0.1) is 12.2 Å². The summed E-state index contributed by atoms with van der Waals surface area (Å²) >= 11 is 8.49. The van der Waals surface area contributed by atoms with Crippen LogP contribution in [0, 0.1) is 0 Å². The van der Waals surface area contributed by atoms with Gasteiger partial charge in [-0.2, -0.15) is 0 Å². The van der Waals surface area contributed by atoms with E-state index in [9.17, 15) is 0 Å². The van der Waals surface area contributed by atoms with Gasteiger partial charge in [-0.25, -0.2) is 4.98 Å². The maximum Gasteiger partial charge on any atom is 0.149 e. The molecule has 0 bridgehead atoms. The van der Waals surface area contributed by atoms with Gasteiger partial charge in [-0.3, -0.25) is 0 Å². The molecule has 0 aromatic carbocycles. The number of halogens is 2. The third-order valence-electron chi connectivity index (χ3n) is 1.99. The van der Waals surface area contributed by atoms with E-state index in [0.717, 1.165) is 15.5 Å². The third-order valence-corrected chi connectivity index (χ3v) is 4.35. The van der Waals surface area contributed by atoms with E-state index in [1.807, 2.05) is 17.5 Å². The van der Waals surface area contributed by atoms with Crippen LogP contribution in [0.4, 0.5) is 11.5 Å². The molecular formula is C10H9Br2N3S. The first-order valence-corrected chi connectivity index (χ1v) is 7.00. The predicted molar refractivity (Wildman–Crippen MR) is 75.7 cm³/mol. The molecule has 2 rings (SSSR count). The number of nitrogens with zero attached hydrogens (tertiary/aromatic N) is 1. The van der Waals surface area contributed by atoms with Crippen LogP contribution in [-0.2, 0) is 6.54 Å². The maximum atomic E-state index is 5.84. The summed E-state index contributed by atoms with van der Waals surface area (Å²) in [6, 6.07) is 3.86. The van der Waals surface area contributed by atoms with Gasteiger partial charge in [0.15, 0.2) is 0 Å². The first-order chi connectivity index (χ1) is 7.66. The molecule has 0 amide bonds. The van der Waals surface area contributed by atoms with E-state index >= 15 is 0 Å². The number of hydrogen-bond acceptors (Lipinski definition) is 4. The molecule has 0 aliphatic carbocycles. The van der Waals surface area contributed by atoms with Crippen molar-refractivity contribution in [3.05, 3.63) is 37.5 Å². The number of hydrogen-bond donors (Lipinski definition) is 2. The first-order valence-electron chi connectivity index (χ1n) is 4.53. The van der Waals surface area contributed by atoms with Gasteiger partial charge in [-0.15, -0.1) is 11.3 Å². The van der Waals surface area contributed by atoms with Crippen LogP contribution < -0.4 is 11.1 Å². The van der Waals surface area contributed by atoms with E-state index in [0.29, 0.717) is 11.5 Å². The molecule has 0 aliphatic rings. The molecule has 0 unspecified atom stereocenters. The lowest BCUT2D eigenvalue weighted by Gasteiger charge is -2.07. The van der Waals surface area contributed by atoms with Crippen molar-refractivity contribution in [3.8, 4) is 0 Å². The molecule has 0 aliphatic heterocycles. The minimum absolute atomic E-state index is 0.641. The maximum absolute atomic E-state index is 5.84. The van der Waals surface area contributed by atoms with Gasteiger partial charge in [0.1, 0.15) is 5.82 Å².